The van der Waals surface area contributed by atoms with Crippen molar-refractivity contribution < 1.29 is 14.3 Å². The van der Waals surface area contributed by atoms with Crippen molar-refractivity contribution in [2.24, 2.45) is 5.92 Å². The monoisotopic (exact) mass is 279 g/mol. The summed E-state index contributed by atoms with van der Waals surface area (Å²) in [6.45, 7) is 4.12. The van der Waals surface area contributed by atoms with Gasteiger partial charge in [-0.05, 0) is 18.1 Å². The van der Waals surface area contributed by atoms with Crippen LogP contribution in [-0.4, -0.2) is 30.5 Å². The molecule has 6 nitrogen and oxygen atoms in total. The molecule has 0 aromatic carbocycles. The van der Waals surface area contributed by atoms with Crippen LogP contribution in [0.25, 0.3) is 0 Å². The van der Waals surface area contributed by atoms with Gasteiger partial charge in [0.1, 0.15) is 0 Å². The van der Waals surface area contributed by atoms with E-state index in [1.165, 1.54) is 7.11 Å². The van der Waals surface area contributed by atoms with Crippen molar-refractivity contribution in [3.05, 3.63) is 23.9 Å². The SMILES string of the molecule is CCC(C)C(=O)NCC(=O)NCc1ccnc(OC)c1. The molecule has 6 heteroatoms. The molecule has 0 aliphatic heterocycles. The summed E-state index contributed by atoms with van der Waals surface area (Å²) in [6, 6.07) is 3.54. The van der Waals surface area contributed by atoms with Crippen molar-refractivity contribution in [1.29, 1.82) is 0 Å². The minimum Gasteiger partial charge on any atom is -0.481 e. The fourth-order valence-corrected chi connectivity index (χ4v) is 1.46. The second-order valence-corrected chi connectivity index (χ2v) is 4.51. The lowest BCUT2D eigenvalue weighted by Crippen LogP contribution is -2.38. The van der Waals surface area contributed by atoms with E-state index in [0.29, 0.717) is 12.4 Å². The van der Waals surface area contributed by atoms with E-state index in [2.05, 4.69) is 15.6 Å². The highest BCUT2D eigenvalue weighted by Gasteiger charge is 2.11. The molecule has 1 heterocycles. The van der Waals surface area contributed by atoms with Crippen LogP contribution >= 0.6 is 0 Å². The molecule has 1 aromatic heterocycles. The Hall–Kier alpha value is -2.11. The van der Waals surface area contributed by atoms with Crippen molar-refractivity contribution >= 4 is 11.8 Å². The maximum absolute atomic E-state index is 11.6. The first kappa shape index (κ1) is 15.9. The molecular weight excluding hydrogens is 258 g/mol. The average Bonchev–Trinajstić information content (AvgIpc) is 2.49. The number of rotatable bonds is 7. The van der Waals surface area contributed by atoms with Gasteiger partial charge in [-0.25, -0.2) is 4.98 Å². The normalized spacial score (nSPS) is 11.6. The molecule has 1 atom stereocenters. The van der Waals surface area contributed by atoms with E-state index in [0.717, 1.165) is 12.0 Å². The molecule has 0 fully saturated rings. The topological polar surface area (TPSA) is 80.3 Å². The molecule has 0 saturated heterocycles. The van der Waals surface area contributed by atoms with E-state index in [4.69, 9.17) is 4.74 Å². The number of carbonyl (C=O) groups is 2. The molecule has 0 bridgehead atoms. The van der Waals surface area contributed by atoms with E-state index in [9.17, 15) is 9.59 Å². The maximum atomic E-state index is 11.6. The summed E-state index contributed by atoms with van der Waals surface area (Å²) in [4.78, 5) is 27.1. The number of amides is 2. The summed E-state index contributed by atoms with van der Waals surface area (Å²) in [5.74, 6) is 0.0970. The van der Waals surface area contributed by atoms with Crippen LogP contribution in [0.1, 0.15) is 25.8 Å². The zero-order chi connectivity index (χ0) is 15.0. The van der Waals surface area contributed by atoms with Gasteiger partial charge in [-0.15, -0.1) is 0 Å². The maximum Gasteiger partial charge on any atom is 0.239 e. The van der Waals surface area contributed by atoms with Crippen LogP contribution in [0.15, 0.2) is 18.3 Å². The fraction of sp³-hybridized carbons (Fsp3) is 0.500. The van der Waals surface area contributed by atoms with Crippen LogP contribution in [-0.2, 0) is 16.1 Å². The molecule has 2 N–H and O–H groups in total. The summed E-state index contributed by atoms with van der Waals surface area (Å²) in [7, 11) is 1.54. The van der Waals surface area contributed by atoms with Crippen LogP contribution in [0.4, 0.5) is 0 Å². The van der Waals surface area contributed by atoms with Crippen molar-refractivity contribution in [2.45, 2.75) is 26.8 Å². The van der Waals surface area contributed by atoms with Crippen molar-refractivity contribution in [1.82, 2.24) is 15.6 Å². The second-order valence-electron chi connectivity index (χ2n) is 4.51. The first-order valence-corrected chi connectivity index (χ1v) is 6.60. The second kappa shape index (κ2) is 8.14. The first-order chi connectivity index (χ1) is 9.56. The largest absolute Gasteiger partial charge is 0.481 e. The van der Waals surface area contributed by atoms with Gasteiger partial charge in [0.15, 0.2) is 0 Å². The Morgan fingerprint density at radius 3 is 2.80 bits per heavy atom. The smallest absolute Gasteiger partial charge is 0.239 e. The van der Waals surface area contributed by atoms with Gasteiger partial charge in [0.2, 0.25) is 17.7 Å². The lowest BCUT2D eigenvalue weighted by Gasteiger charge is -2.10. The van der Waals surface area contributed by atoms with E-state index in [1.54, 1.807) is 18.3 Å². The highest BCUT2D eigenvalue weighted by molar-refractivity contribution is 5.85. The van der Waals surface area contributed by atoms with E-state index >= 15 is 0 Å². The molecule has 0 radical (unpaired) electrons. The number of hydrogen-bond acceptors (Lipinski definition) is 4. The third-order valence-corrected chi connectivity index (χ3v) is 2.98. The lowest BCUT2D eigenvalue weighted by molar-refractivity contribution is -0.128. The van der Waals surface area contributed by atoms with Gasteiger partial charge < -0.3 is 15.4 Å². The lowest BCUT2D eigenvalue weighted by atomic mass is 10.1. The summed E-state index contributed by atoms with van der Waals surface area (Å²) in [5, 5.41) is 5.33. The Morgan fingerprint density at radius 2 is 2.15 bits per heavy atom. The van der Waals surface area contributed by atoms with Crippen LogP contribution < -0.4 is 15.4 Å². The van der Waals surface area contributed by atoms with Crippen molar-refractivity contribution in [2.75, 3.05) is 13.7 Å². The van der Waals surface area contributed by atoms with Gasteiger partial charge in [-0.1, -0.05) is 13.8 Å². The molecule has 1 unspecified atom stereocenters. The molecule has 0 spiro atoms. The van der Waals surface area contributed by atoms with Crippen LogP contribution in [0, 0.1) is 5.92 Å². The minimum atomic E-state index is -0.225. The Balaban J connectivity index is 2.34. The van der Waals surface area contributed by atoms with E-state index in [1.807, 2.05) is 13.8 Å². The predicted molar refractivity (Wildman–Crippen MR) is 75.1 cm³/mol. The number of methoxy groups -OCH3 is 1. The average molecular weight is 279 g/mol. The Morgan fingerprint density at radius 1 is 1.40 bits per heavy atom. The molecule has 110 valence electrons. The number of ether oxygens (including phenoxy) is 1. The van der Waals surface area contributed by atoms with Crippen LogP contribution in [0.2, 0.25) is 0 Å². The Bertz CT molecular complexity index is 463. The summed E-state index contributed by atoms with van der Waals surface area (Å²) < 4.78 is 5.00. The third-order valence-electron chi connectivity index (χ3n) is 2.98. The van der Waals surface area contributed by atoms with Gasteiger partial charge in [-0.2, -0.15) is 0 Å². The molecule has 1 aromatic rings. The molecular formula is C14H21N3O3. The summed E-state index contributed by atoms with van der Waals surface area (Å²) in [5.41, 5.74) is 0.887. The molecule has 20 heavy (non-hydrogen) atoms. The fourth-order valence-electron chi connectivity index (χ4n) is 1.46. The van der Waals surface area contributed by atoms with E-state index in [-0.39, 0.29) is 24.3 Å². The van der Waals surface area contributed by atoms with E-state index < -0.39 is 0 Å². The molecule has 2 amide bonds. The minimum absolute atomic E-state index is 0.00854. The summed E-state index contributed by atoms with van der Waals surface area (Å²) in [6.07, 6.45) is 2.37. The van der Waals surface area contributed by atoms with Crippen molar-refractivity contribution in [3.8, 4) is 5.88 Å². The van der Waals surface area contributed by atoms with Gasteiger partial charge in [0.05, 0.1) is 13.7 Å². The number of aromatic nitrogens is 1. The van der Waals surface area contributed by atoms with Gasteiger partial charge >= 0.3 is 0 Å². The molecule has 0 saturated carbocycles. The number of nitrogens with one attached hydrogen (secondary N) is 2. The standard InChI is InChI=1S/C14H21N3O3/c1-4-10(2)14(19)17-9-12(18)16-8-11-5-6-15-13(7-11)20-3/h5-7,10H,4,8-9H2,1-3H3,(H,16,18)(H,17,19). The van der Waals surface area contributed by atoms with Crippen LogP contribution in [0.3, 0.4) is 0 Å². The van der Waals surface area contributed by atoms with Gasteiger partial charge in [0.25, 0.3) is 0 Å². The Labute approximate surface area is 118 Å². The quantitative estimate of drug-likeness (QED) is 0.776. The zero-order valence-electron chi connectivity index (χ0n) is 12.1. The zero-order valence-corrected chi connectivity index (χ0v) is 12.1. The van der Waals surface area contributed by atoms with Gasteiger partial charge in [-0.3, -0.25) is 9.59 Å². The van der Waals surface area contributed by atoms with Crippen LogP contribution in [0.5, 0.6) is 5.88 Å². The molecule has 1 rings (SSSR count). The molecule has 0 aliphatic carbocycles. The molecule has 0 aliphatic rings. The highest BCUT2D eigenvalue weighted by atomic mass is 16.5. The number of pyridine rings is 1. The van der Waals surface area contributed by atoms with Gasteiger partial charge in [0, 0.05) is 24.7 Å². The third kappa shape index (κ3) is 5.26. The highest BCUT2D eigenvalue weighted by Crippen LogP contribution is 2.07. The Kier molecular flexibility index (Phi) is 6.49. The number of carbonyl (C=O) groups excluding carboxylic acids is 2. The predicted octanol–water partition coefficient (Wildman–Crippen LogP) is 0.869. The van der Waals surface area contributed by atoms with Crippen molar-refractivity contribution in [3.63, 3.8) is 0 Å². The number of hydrogen-bond donors (Lipinski definition) is 2. The first-order valence-electron chi connectivity index (χ1n) is 6.60. The number of nitrogens with zero attached hydrogens (tertiary/aromatic N) is 1. The summed E-state index contributed by atoms with van der Waals surface area (Å²) >= 11 is 0.